The van der Waals surface area contributed by atoms with Crippen molar-refractivity contribution in [3.8, 4) is 17.2 Å². The number of hydrogen-bond acceptors (Lipinski definition) is 4. The van der Waals surface area contributed by atoms with Crippen LogP contribution in [0, 0.1) is 0 Å². The maximum atomic E-state index is 13.7. The van der Waals surface area contributed by atoms with Crippen LogP contribution in [0.25, 0.3) is 16.6 Å². The van der Waals surface area contributed by atoms with Gasteiger partial charge < -0.3 is 29.7 Å². The molecule has 0 saturated carbocycles. The summed E-state index contributed by atoms with van der Waals surface area (Å²) in [7, 11) is 0. The Morgan fingerprint density at radius 1 is 0.833 bits per heavy atom. The second-order valence-corrected chi connectivity index (χ2v) is 12.8. The van der Waals surface area contributed by atoms with Gasteiger partial charge in [0.1, 0.15) is 11.5 Å². The van der Waals surface area contributed by atoms with E-state index in [1.807, 2.05) is 69.3 Å². The maximum Gasteiger partial charge on any atom is 0.319 e. The number of rotatable bonds is 11. The molecule has 4 aromatic carbocycles. The third-order valence-corrected chi connectivity index (χ3v) is 8.94. The third-order valence-electron chi connectivity index (χ3n) is 8.94. The number of ether oxygens (including phenoxy) is 1. The van der Waals surface area contributed by atoms with Crippen molar-refractivity contribution in [1.29, 1.82) is 0 Å². The molecule has 1 fully saturated rings. The van der Waals surface area contributed by atoms with Crippen LogP contribution in [0.1, 0.15) is 56.5 Å². The first-order chi connectivity index (χ1) is 23.3. The molecule has 1 aliphatic heterocycles. The van der Waals surface area contributed by atoms with Crippen LogP contribution < -0.4 is 20.3 Å². The van der Waals surface area contributed by atoms with E-state index in [-0.39, 0.29) is 18.0 Å². The summed E-state index contributed by atoms with van der Waals surface area (Å²) in [5.74, 6) is 1.24. The number of urea groups is 1. The van der Waals surface area contributed by atoms with Gasteiger partial charge in [-0.05, 0) is 144 Å². The Balaban J connectivity index is 1.12. The summed E-state index contributed by atoms with van der Waals surface area (Å²) in [4.78, 5) is 30.0. The van der Waals surface area contributed by atoms with Gasteiger partial charge in [-0.3, -0.25) is 4.79 Å². The van der Waals surface area contributed by atoms with Gasteiger partial charge in [-0.1, -0.05) is 18.2 Å². The summed E-state index contributed by atoms with van der Waals surface area (Å²) < 4.78 is 8.26. The number of nitrogens with one attached hydrogen (secondary N) is 2. The van der Waals surface area contributed by atoms with E-state index in [0.29, 0.717) is 35.3 Å². The van der Waals surface area contributed by atoms with Gasteiger partial charge in [0.2, 0.25) is 0 Å². The monoisotopic (exact) mass is 643 g/mol. The van der Waals surface area contributed by atoms with E-state index in [0.717, 1.165) is 17.8 Å². The van der Waals surface area contributed by atoms with E-state index >= 15 is 0 Å². The number of nitrogens with zero attached hydrogens (tertiary/aromatic N) is 3. The molecule has 2 N–H and O–H groups in total. The number of benzene rings is 4. The number of para-hydroxylation sites is 1. The standard InChI is InChI=1S/C40H45N5O3/c1-5-44(33-18-22-36(23-19-33)48-35-20-14-32(15-21-35)42-40(47)41-28(2)3)39(46)30-12-16-34(17-13-30)45-27-31(37-10-6-7-11-38(37)45)26-29(4)43-24-8-9-25-43/h6-7,10-23,27-29H,5,8-9,24-26H2,1-4H3,(H2,41,42,47). The molecular formula is C40H45N5O3. The summed E-state index contributed by atoms with van der Waals surface area (Å²) in [6, 6.07) is 31.5. The van der Waals surface area contributed by atoms with Crippen molar-refractivity contribution in [1.82, 2.24) is 14.8 Å². The van der Waals surface area contributed by atoms with Gasteiger partial charge in [0.25, 0.3) is 5.91 Å². The number of aromatic nitrogens is 1. The molecule has 1 aromatic heterocycles. The first-order valence-electron chi connectivity index (χ1n) is 17.0. The van der Waals surface area contributed by atoms with E-state index in [4.69, 9.17) is 4.74 Å². The largest absolute Gasteiger partial charge is 0.457 e. The van der Waals surface area contributed by atoms with Crippen LogP contribution >= 0.6 is 0 Å². The lowest BCUT2D eigenvalue weighted by Gasteiger charge is -2.23. The Morgan fingerprint density at radius 3 is 2.12 bits per heavy atom. The SMILES string of the molecule is CCN(C(=O)c1ccc(-n2cc(CC(C)N3CCCC3)c3ccccc32)cc1)c1ccc(Oc2ccc(NC(=O)NC(C)C)cc2)cc1. The fourth-order valence-electron chi connectivity index (χ4n) is 6.49. The lowest BCUT2D eigenvalue weighted by atomic mass is 10.1. The number of carbonyl (C=O) groups excluding carboxylic acids is 2. The number of anilines is 2. The summed E-state index contributed by atoms with van der Waals surface area (Å²) in [6.07, 6.45) is 5.88. The molecule has 248 valence electrons. The number of hydrogen-bond donors (Lipinski definition) is 2. The van der Waals surface area contributed by atoms with E-state index in [9.17, 15) is 9.59 Å². The van der Waals surface area contributed by atoms with Gasteiger partial charge in [0.15, 0.2) is 0 Å². The molecule has 6 rings (SSSR count). The molecule has 1 atom stereocenters. The molecular weight excluding hydrogens is 598 g/mol. The Hall–Kier alpha value is -5.08. The van der Waals surface area contributed by atoms with E-state index in [1.54, 1.807) is 29.2 Å². The second-order valence-electron chi connectivity index (χ2n) is 12.8. The molecule has 8 heteroatoms. The lowest BCUT2D eigenvalue weighted by Crippen LogP contribution is -2.34. The fraction of sp³-hybridized carbons (Fsp3) is 0.300. The molecule has 1 unspecified atom stereocenters. The fourth-order valence-corrected chi connectivity index (χ4v) is 6.49. The van der Waals surface area contributed by atoms with Crippen LogP contribution in [-0.2, 0) is 6.42 Å². The van der Waals surface area contributed by atoms with Gasteiger partial charge >= 0.3 is 6.03 Å². The topological polar surface area (TPSA) is 78.8 Å². The van der Waals surface area contributed by atoms with Crippen LogP contribution in [0.5, 0.6) is 11.5 Å². The van der Waals surface area contributed by atoms with Gasteiger partial charge in [-0.15, -0.1) is 0 Å². The Morgan fingerprint density at radius 2 is 1.48 bits per heavy atom. The van der Waals surface area contributed by atoms with Crippen molar-refractivity contribution >= 4 is 34.2 Å². The number of likely N-dealkylation sites (tertiary alicyclic amines) is 1. The summed E-state index contributed by atoms with van der Waals surface area (Å²) in [5, 5.41) is 6.89. The molecule has 3 amide bonds. The molecule has 0 bridgehead atoms. The highest BCUT2D eigenvalue weighted by molar-refractivity contribution is 6.06. The minimum absolute atomic E-state index is 0.0540. The van der Waals surface area contributed by atoms with Crippen molar-refractivity contribution in [3.63, 3.8) is 0 Å². The predicted molar refractivity (Wildman–Crippen MR) is 195 cm³/mol. The summed E-state index contributed by atoms with van der Waals surface area (Å²) >= 11 is 0. The van der Waals surface area contributed by atoms with Crippen LogP contribution in [0.15, 0.2) is 103 Å². The smallest absolute Gasteiger partial charge is 0.319 e. The molecule has 1 aliphatic rings. The molecule has 8 nitrogen and oxygen atoms in total. The molecule has 2 heterocycles. The zero-order valence-corrected chi connectivity index (χ0v) is 28.3. The highest BCUT2D eigenvalue weighted by atomic mass is 16.5. The van der Waals surface area contributed by atoms with Crippen LogP contribution in [0.4, 0.5) is 16.2 Å². The quantitative estimate of drug-likeness (QED) is 0.151. The molecule has 48 heavy (non-hydrogen) atoms. The summed E-state index contributed by atoms with van der Waals surface area (Å²) in [6.45, 7) is 11.0. The van der Waals surface area contributed by atoms with Gasteiger partial charge in [0, 0.05) is 52.8 Å². The van der Waals surface area contributed by atoms with Crippen molar-refractivity contribution in [2.45, 2.75) is 59.0 Å². The Kier molecular flexibility index (Phi) is 10.1. The van der Waals surface area contributed by atoms with Crippen molar-refractivity contribution in [2.24, 2.45) is 0 Å². The molecule has 0 aliphatic carbocycles. The van der Waals surface area contributed by atoms with Crippen LogP contribution in [0.2, 0.25) is 0 Å². The zero-order valence-electron chi connectivity index (χ0n) is 28.3. The summed E-state index contributed by atoms with van der Waals surface area (Å²) in [5.41, 5.74) is 5.68. The van der Waals surface area contributed by atoms with Crippen molar-refractivity contribution < 1.29 is 14.3 Å². The number of fused-ring (bicyclic) bond motifs is 1. The molecule has 1 saturated heterocycles. The molecule has 0 spiro atoms. The van der Waals surface area contributed by atoms with E-state index in [2.05, 4.69) is 57.5 Å². The number of carbonyl (C=O) groups is 2. The minimum atomic E-state index is -0.248. The second kappa shape index (κ2) is 14.8. The molecule has 0 radical (unpaired) electrons. The first-order valence-corrected chi connectivity index (χ1v) is 17.0. The van der Waals surface area contributed by atoms with Gasteiger partial charge in [-0.25, -0.2) is 4.79 Å². The van der Waals surface area contributed by atoms with Crippen molar-refractivity contribution in [3.05, 3.63) is 114 Å². The van der Waals surface area contributed by atoms with E-state index in [1.165, 1.54) is 42.4 Å². The van der Waals surface area contributed by atoms with E-state index < -0.39 is 0 Å². The highest BCUT2D eigenvalue weighted by Gasteiger charge is 2.21. The Bertz CT molecular complexity index is 1840. The Labute approximate surface area is 283 Å². The van der Waals surface area contributed by atoms with Crippen LogP contribution in [0.3, 0.4) is 0 Å². The predicted octanol–water partition coefficient (Wildman–Crippen LogP) is 8.65. The maximum absolute atomic E-state index is 13.7. The average molecular weight is 644 g/mol. The van der Waals surface area contributed by atoms with Crippen molar-refractivity contribution in [2.75, 3.05) is 29.9 Å². The zero-order chi connectivity index (χ0) is 33.6. The highest BCUT2D eigenvalue weighted by Crippen LogP contribution is 2.29. The van der Waals surface area contributed by atoms with Gasteiger partial charge in [-0.2, -0.15) is 0 Å². The van der Waals surface area contributed by atoms with Gasteiger partial charge in [0.05, 0.1) is 5.52 Å². The lowest BCUT2D eigenvalue weighted by molar-refractivity contribution is 0.0988. The average Bonchev–Trinajstić information content (AvgIpc) is 3.76. The minimum Gasteiger partial charge on any atom is -0.457 e. The number of amides is 3. The normalized spacial score (nSPS) is 13.9. The third kappa shape index (κ3) is 7.55. The molecule has 5 aromatic rings. The van der Waals surface area contributed by atoms with Crippen LogP contribution in [-0.4, -0.2) is 53.1 Å². The first kappa shape index (κ1) is 32.8.